The molecule has 1 rings (SSSR count). The fraction of sp³-hybridized carbons (Fsp3) is 0.375. The van der Waals surface area contributed by atoms with Crippen LogP contribution in [0.15, 0.2) is 0 Å². The SMILES string of the molecule is CC.CC.N#CC(C#N)c1c(F)c(F)c(C(C#N)C#N)c(F)c1F. The lowest BCUT2D eigenvalue weighted by atomic mass is 9.93. The van der Waals surface area contributed by atoms with E-state index >= 15 is 0 Å². The molecule has 0 saturated carbocycles. The topological polar surface area (TPSA) is 95.2 Å². The Morgan fingerprint density at radius 1 is 0.542 bits per heavy atom. The second-order valence-corrected chi connectivity index (χ2v) is 3.47. The van der Waals surface area contributed by atoms with Gasteiger partial charge in [-0.2, -0.15) is 21.0 Å². The van der Waals surface area contributed by atoms with Gasteiger partial charge in [0.25, 0.3) is 0 Å². The summed E-state index contributed by atoms with van der Waals surface area (Å²) in [6, 6.07) is 4.71. The lowest BCUT2D eigenvalue weighted by Gasteiger charge is -2.12. The van der Waals surface area contributed by atoms with Gasteiger partial charge in [0.2, 0.25) is 0 Å². The first-order chi connectivity index (χ1) is 11.4. The molecule has 0 amide bonds. The third-order valence-corrected chi connectivity index (χ3v) is 2.43. The second-order valence-electron chi connectivity index (χ2n) is 3.47. The molecule has 0 heterocycles. The van der Waals surface area contributed by atoms with Gasteiger partial charge in [-0.15, -0.1) is 0 Å². The third-order valence-electron chi connectivity index (χ3n) is 2.43. The van der Waals surface area contributed by atoms with Crippen molar-refractivity contribution >= 4 is 0 Å². The van der Waals surface area contributed by atoms with Crippen LogP contribution in [0.1, 0.15) is 50.7 Å². The van der Waals surface area contributed by atoms with Crippen LogP contribution in [-0.2, 0) is 0 Å². The fourth-order valence-corrected chi connectivity index (χ4v) is 1.49. The first kappa shape index (κ1) is 23.2. The minimum Gasteiger partial charge on any atom is -0.203 e. The van der Waals surface area contributed by atoms with Crippen molar-refractivity contribution in [3.63, 3.8) is 0 Å². The quantitative estimate of drug-likeness (QED) is 0.583. The maximum absolute atomic E-state index is 13.7. The molecule has 0 saturated heterocycles. The summed E-state index contributed by atoms with van der Waals surface area (Å²) in [4.78, 5) is 0. The number of hydrogen-bond donors (Lipinski definition) is 0. The van der Waals surface area contributed by atoms with Crippen molar-refractivity contribution in [3.05, 3.63) is 34.4 Å². The molecule has 0 aliphatic heterocycles. The maximum Gasteiger partial charge on any atom is 0.167 e. The van der Waals surface area contributed by atoms with Gasteiger partial charge < -0.3 is 0 Å². The van der Waals surface area contributed by atoms with Gasteiger partial charge in [0.1, 0.15) is 0 Å². The van der Waals surface area contributed by atoms with Crippen LogP contribution >= 0.6 is 0 Å². The van der Waals surface area contributed by atoms with E-state index in [1.165, 1.54) is 24.3 Å². The number of benzene rings is 1. The minimum atomic E-state index is -2.06. The monoisotopic (exact) mass is 338 g/mol. The van der Waals surface area contributed by atoms with Gasteiger partial charge in [-0.3, -0.25) is 0 Å². The Kier molecular flexibility index (Phi) is 11.1. The fourth-order valence-electron chi connectivity index (χ4n) is 1.49. The minimum absolute atomic E-state index is 1.18. The molecule has 1 aromatic carbocycles. The summed E-state index contributed by atoms with van der Waals surface area (Å²) in [5, 5.41) is 34.1. The average molecular weight is 338 g/mol. The summed E-state index contributed by atoms with van der Waals surface area (Å²) in [5.74, 6) is -12.0. The van der Waals surface area contributed by atoms with Gasteiger partial charge in [-0.1, -0.05) is 27.7 Å². The lowest BCUT2D eigenvalue weighted by molar-refractivity contribution is 0.427. The Hall–Kier alpha value is -3.10. The Labute approximate surface area is 137 Å². The molecule has 8 heteroatoms. The summed E-state index contributed by atoms with van der Waals surface area (Å²) in [6.45, 7) is 8.00. The van der Waals surface area contributed by atoms with Crippen molar-refractivity contribution in [2.75, 3.05) is 0 Å². The molecule has 0 N–H and O–H groups in total. The highest BCUT2D eigenvalue weighted by Gasteiger charge is 2.33. The van der Waals surface area contributed by atoms with Crippen molar-refractivity contribution in [2.24, 2.45) is 0 Å². The molecule has 1 aromatic rings. The van der Waals surface area contributed by atoms with E-state index in [1.54, 1.807) is 0 Å². The molecule has 0 aromatic heterocycles. The molecule has 0 atom stereocenters. The van der Waals surface area contributed by atoms with Crippen molar-refractivity contribution in [1.82, 2.24) is 0 Å². The standard InChI is InChI=1S/C12H2F4N4.2C2H6/c13-9-7(5(1-17)2-18)10(14)12(16)8(11(9)15)6(3-19)4-20;2*1-2/h5-6H;2*1-2H3. The second kappa shape index (κ2) is 11.5. The van der Waals surface area contributed by atoms with E-state index in [9.17, 15) is 17.6 Å². The molecule has 0 aliphatic rings. The molecule has 0 fully saturated rings. The number of halogens is 4. The normalized spacial score (nSPS) is 8.58. The first-order valence-electron chi connectivity index (χ1n) is 6.88. The van der Waals surface area contributed by atoms with Crippen molar-refractivity contribution in [2.45, 2.75) is 39.5 Å². The van der Waals surface area contributed by atoms with Crippen molar-refractivity contribution in [3.8, 4) is 24.3 Å². The first-order valence-corrected chi connectivity index (χ1v) is 6.88. The van der Waals surface area contributed by atoms with Gasteiger partial charge in [0.05, 0.1) is 35.4 Å². The zero-order valence-corrected chi connectivity index (χ0v) is 13.5. The van der Waals surface area contributed by atoms with Crippen LogP contribution in [-0.4, -0.2) is 0 Å². The van der Waals surface area contributed by atoms with Gasteiger partial charge in [0, 0.05) is 0 Å². The third kappa shape index (κ3) is 4.45. The zero-order valence-electron chi connectivity index (χ0n) is 13.5. The predicted molar refractivity (Wildman–Crippen MR) is 76.9 cm³/mol. The molecule has 24 heavy (non-hydrogen) atoms. The molecule has 0 radical (unpaired) electrons. The van der Waals surface area contributed by atoms with E-state index in [1.807, 2.05) is 27.7 Å². The molecule has 126 valence electrons. The summed E-state index contributed by atoms with van der Waals surface area (Å²) in [7, 11) is 0. The average Bonchev–Trinajstić information content (AvgIpc) is 2.64. The van der Waals surface area contributed by atoms with Crippen LogP contribution in [0.2, 0.25) is 0 Å². The molecular formula is C16H14F4N4. The maximum atomic E-state index is 13.7. The zero-order chi connectivity index (χ0) is 19.4. The van der Waals surface area contributed by atoms with Crippen LogP contribution in [0, 0.1) is 68.6 Å². The predicted octanol–water partition coefficient (Wildman–Crippen LogP) is 4.56. The highest BCUT2D eigenvalue weighted by atomic mass is 19.2. The van der Waals surface area contributed by atoms with Gasteiger partial charge >= 0.3 is 0 Å². The summed E-state index contributed by atoms with van der Waals surface area (Å²) in [6.07, 6.45) is 0. The van der Waals surface area contributed by atoms with Gasteiger partial charge in [0.15, 0.2) is 35.1 Å². The summed E-state index contributed by atoms with van der Waals surface area (Å²) < 4.78 is 54.6. The highest BCUT2D eigenvalue weighted by Crippen LogP contribution is 2.32. The largest absolute Gasteiger partial charge is 0.203 e. The van der Waals surface area contributed by atoms with Crippen LogP contribution < -0.4 is 0 Å². The Morgan fingerprint density at radius 3 is 0.833 bits per heavy atom. The molecule has 0 aliphatic carbocycles. The van der Waals surface area contributed by atoms with E-state index in [2.05, 4.69) is 0 Å². The van der Waals surface area contributed by atoms with E-state index in [0.29, 0.717) is 0 Å². The highest BCUT2D eigenvalue weighted by molar-refractivity contribution is 5.42. The van der Waals surface area contributed by atoms with Crippen LogP contribution in [0.25, 0.3) is 0 Å². The number of nitrogens with zero attached hydrogens (tertiary/aromatic N) is 4. The van der Waals surface area contributed by atoms with Crippen LogP contribution in [0.4, 0.5) is 17.6 Å². The smallest absolute Gasteiger partial charge is 0.167 e. The molecule has 4 nitrogen and oxygen atoms in total. The van der Waals surface area contributed by atoms with Crippen molar-refractivity contribution in [1.29, 1.82) is 21.0 Å². The lowest BCUT2D eigenvalue weighted by Crippen LogP contribution is -2.13. The van der Waals surface area contributed by atoms with E-state index < -0.39 is 46.2 Å². The summed E-state index contributed by atoms with van der Waals surface area (Å²) >= 11 is 0. The molecular weight excluding hydrogens is 324 g/mol. The van der Waals surface area contributed by atoms with Gasteiger partial charge in [-0.05, 0) is 0 Å². The van der Waals surface area contributed by atoms with E-state index in [4.69, 9.17) is 21.0 Å². The van der Waals surface area contributed by atoms with Crippen molar-refractivity contribution < 1.29 is 17.6 Å². The number of hydrogen-bond acceptors (Lipinski definition) is 4. The molecule has 0 unspecified atom stereocenters. The molecule has 0 bridgehead atoms. The Bertz CT molecular complexity index is 613. The van der Waals surface area contributed by atoms with E-state index in [0.717, 1.165) is 0 Å². The van der Waals surface area contributed by atoms with Crippen LogP contribution in [0.5, 0.6) is 0 Å². The Balaban J connectivity index is 0. The number of nitriles is 4. The van der Waals surface area contributed by atoms with E-state index in [-0.39, 0.29) is 0 Å². The number of rotatable bonds is 2. The Morgan fingerprint density at radius 2 is 0.708 bits per heavy atom. The molecule has 0 spiro atoms. The summed E-state index contributed by atoms with van der Waals surface area (Å²) in [5.41, 5.74) is -2.77. The van der Waals surface area contributed by atoms with Gasteiger partial charge in [-0.25, -0.2) is 17.6 Å². The van der Waals surface area contributed by atoms with Crippen LogP contribution in [0.3, 0.4) is 0 Å².